The summed E-state index contributed by atoms with van der Waals surface area (Å²) in [7, 11) is 0. The highest BCUT2D eigenvalue weighted by Crippen LogP contribution is 2.42. The van der Waals surface area contributed by atoms with Crippen molar-refractivity contribution in [2.45, 2.75) is 18.9 Å². The molecule has 6 heteroatoms. The SMILES string of the molecule is O=COC1C2CC(=O)C(CC2=O)C1C(=O)O. The van der Waals surface area contributed by atoms with E-state index in [0.29, 0.717) is 0 Å². The Balaban J connectivity index is 2.35. The highest BCUT2D eigenvalue weighted by atomic mass is 16.5. The highest BCUT2D eigenvalue weighted by Gasteiger charge is 2.56. The standard InChI is InChI=1S/C10H10O6/c11-3-16-9-5-2-6(12)4(1-7(5)13)8(9)10(14)15/h3-5,8-9H,1-2H2,(H,14,15). The molecular weight excluding hydrogens is 216 g/mol. The van der Waals surface area contributed by atoms with E-state index in [1.54, 1.807) is 0 Å². The molecule has 4 unspecified atom stereocenters. The van der Waals surface area contributed by atoms with Gasteiger partial charge in [-0.05, 0) is 0 Å². The number of rotatable bonds is 3. The molecule has 0 aromatic heterocycles. The lowest BCUT2D eigenvalue weighted by Gasteiger charge is -2.42. The van der Waals surface area contributed by atoms with Crippen molar-refractivity contribution in [2.75, 3.05) is 0 Å². The quantitative estimate of drug-likeness (QED) is 0.646. The number of fused-ring (bicyclic) bond motifs is 3. The predicted octanol–water partition coefficient (Wildman–Crippen LogP) is -0.593. The molecule has 0 spiro atoms. The van der Waals surface area contributed by atoms with Gasteiger partial charge in [0.25, 0.3) is 6.47 Å². The Morgan fingerprint density at radius 2 is 1.81 bits per heavy atom. The first kappa shape index (κ1) is 10.8. The summed E-state index contributed by atoms with van der Waals surface area (Å²) < 4.78 is 4.67. The third-order valence-electron chi connectivity index (χ3n) is 3.35. The van der Waals surface area contributed by atoms with Gasteiger partial charge in [0.1, 0.15) is 23.6 Å². The van der Waals surface area contributed by atoms with Gasteiger partial charge in [0.15, 0.2) is 0 Å². The summed E-state index contributed by atoms with van der Waals surface area (Å²) in [5, 5.41) is 9.00. The van der Waals surface area contributed by atoms with Crippen LogP contribution in [0.5, 0.6) is 0 Å². The molecule has 0 heterocycles. The average Bonchev–Trinajstić information content (AvgIpc) is 2.20. The number of ketones is 2. The van der Waals surface area contributed by atoms with Crippen LogP contribution >= 0.6 is 0 Å². The first-order valence-corrected chi connectivity index (χ1v) is 4.93. The van der Waals surface area contributed by atoms with Crippen LogP contribution in [-0.2, 0) is 23.9 Å². The van der Waals surface area contributed by atoms with Crippen LogP contribution in [0.15, 0.2) is 0 Å². The summed E-state index contributed by atoms with van der Waals surface area (Å²) in [5.41, 5.74) is 0. The maximum atomic E-state index is 11.5. The molecule has 0 radical (unpaired) electrons. The number of carboxylic acid groups (broad SMARTS) is 1. The van der Waals surface area contributed by atoms with Gasteiger partial charge in [-0.25, -0.2) is 0 Å². The molecule has 0 saturated heterocycles. The Labute approximate surface area is 90.6 Å². The predicted molar refractivity (Wildman–Crippen MR) is 48.3 cm³/mol. The van der Waals surface area contributed by atoms with Gasteiger partial charge in [0, 0.05) is 18.8 Å². The van der Waals surface area contributed by atoms with Crippen LogP contribution in [-0.4, -0.2) is 35.2 Å². The first-order valence-electron chi connectivity index (χ1n) is 4.93. The van der Waals surface area contributed by atoms with Gasteiger partial charge >= 0.3 is 5.97 Å². The smallest absolute Gasteiger partial charge is 0.311 e. The van der Waals surface area contributed by atoms with E-state index in [4.69, 9.17) is 5.11 Å². The van der Waals surface area contributed by atoms with Gasteiger partial charge in [-0.2, -0.15) is 0 Å². The first-order chi connectivity index (χ1) is 7.56. The molecule has 16 heavy (non-hydrogen) atoms. The zero-order valence-electron chi connectivity index (χ0n) is 8.29. The molecule has 3 fully saturated rings. The number of carboxylic acids is 1. The summed E-state index contributed by atoms with van der Waals surface area (Å²) in [5.74, 6) is -4.28. The van der Waals surface area contributed by atoms with Crippen molar-refractivity contribution in [3.8, 4) is 0 Å². The molecule has 0 aliphatic heterocycles. The van der Waals surface area contributed by atoms with Crippen LogP contribution in [0.2, 0.25) is 0 Å². The van der Waals surface area contributed by atoms with Crippen LogP contribution in [0.1, 0.15) is 12.8 Å². The number of Topliss-reactive ketones (excluding diaryl/α,β-unsaturated/α-hetero) is 2. The second-order valence-electron chi connectivity index (χ2n) is 4.11. The fourth-order valence-corrected chi connectivity index (χ4v) is 2.63. The number of carbonyl (C=O) groups is 4. The summed E-state index contributed by atoms with van der Waals surface area (Å²) >= 11 is 0. The van der Waals surface area contributed by atoms with Crippen LogP contribution < -0.4 is 0 Å². The van der Waals surface area contributed by atoms with Crippen molar-refractivity contribution in [1.82, 2.24) is 0 Å². The van der Waals surface area contributed by atoms with Crippen molar-refractivity contribution in [2.24, 2.45) is 17.8 Å². The highest BCUT2D eigenvalue weighted by molar-refractivity contribution is 6.01. The maximum Gasteiger partial charge on any atom is 0.311 e. The normalized spacial score (nSPS) is 37.2. The molecule has 3 rings (SSSR count). The molecule has 3 saturated carbocycles. The van der Waals surface area contributed by atoms with Crippen LogP contribution in [0.4, 0.5) is 0 Å². The molecule has 0 aromatic carbocycles. The Bertz CT molecular complexity index is 374. The van der Waals surface area contributed by atoms with Crippen LogP contribution in [0, 0.1) is 17.8 Å². The third-order valence-corrected chi connectivity index (χ3v) is 3.35. The minimum atomic E-state index is -1.19. The minimum Gasteiger partial charge on any atom is -0.481 e. The zero-order chi connectivity index (χ0) is 11.9. The van der Waals surface area contributed by atoms with Gasteiger partial charge in [-0.15, -0.1) is 0 Å². The van der Waals surface area contributed by atoms with E-state index in [2.05, 4.69) is 4.74 Å². The van der Waals surface area contributed by atoms with Gasteiger partial charge in [0.2, 0.25) is 0 Å². The van der Waals surface area contributed by atoms with E-state index < -0.39 is 29.8 Å². The Morgan fingerprint density at radius 3 is 2.38 bits per heavy atom. The number of hydrogen-bond acceptors (Lipinski definition) is 5. The zero-order valence-corrected chi connectivity index (χ0v) is 8.29. The fraction of sp³-hybridized carbons (Fsp3) is 0.600. The molecule has 2 bridgehead atoms. The molecular formula is C10H10O6. The molecule has 3 aliphatic rings. The molecule has 86 valence electrons. The Morgan fingerprint density at radius 1 is 1.25 bits per heavy atom. The molecule has 0 aromatic rings. The van der Waals surface area contributed by atoms with E-state index in [0.717, 1.165) is 0 Å². The molecule has 3 aliphatic carbocycles. The van der Waals surface area contributed by atoms with Crippen LogP contribution in [0.25, 0.3) is 0 Å². The van der Waals surface area contributed by atoms with Gasteiger partial charge < -0.3 is 9.84 Å². The molecule has 1 N–H and O–H groups in total. The van der Waals surface area contributed by atoms with Crippen molar-refractivity contribution < 1.29 is 29.0 Å². The topological polar surface area (TPSA) is 97.7 Å². The summed E-state index contributed by atoms with van der Waals surface area (Å²) in [6.07, 6.45) is -1.04. The Hall–Kier alpha value is -1.72. The van der Waals surface area contributed by atoms with Gasteiger partial charge in [-0.1, -0.05) is 0 Å². The number of carbonyl (C=O) groups excluding carboxylic acids is 3. The lowest BCUT2D eigenvalue weighted by molar-refractivity contribution is -0.175. The summed E-state index contributed by atoms with van der Waals surface area (Å²) in [6.45, 7) is 0.138. The molecule has 6 nitrogen and oxygen atoms in total. The lowest BCUT2D eigenvalue weighted by Crippen LogP contribution is -2.56. The Kier molecular flexibility index (Phi) is 2.49. The second kappa shape index (κ2) is 3.70. The van der Waals surface area contributed by atoms with E-state index in [9.17, 15) is 19.2 Å². The number of hydrogen-bond donors (Lipinski definition) is 1. The van der Waals surface area contributed by atoms with E-state index in [1.807, 2.05) is 0 Å². The van der Waals surface area contributed by atoms with Gasteiger partial charge in [-0.3, -0.25) is 19.2 Å². The van der Waals surface area contributed by atoms with E-state index >= 15 is 0 Å². The van der Waals surface area contributed by atoms with Crippen molar-refractivity contribution >= 4 is 24.0 Å². The number of ether oxygens (including phenoxy) is 1. The largest absolute Gasteiger partial charge is 0.481 e. The van der Waals surface area contributed by atoms with Crippen molar-refractivity contribution in [3.05, 3.63) is 0 Å². The number of aliphatic carboxylic acids is 1. The van der Waals surface area contributed by atoms with E-state index in [1.165, 1.54) is 0 Å². The van der Waals surface area contributed by atoms with Crippen LogP contribution in [0.3, 0.4) is 0 Å². The lowest BCUT2D eigenvalue weighted by atomic mass is 9.61. The van der Waals surface area contributed by atoms with E-state index in [-0.39, 0.29) is 30.9 Å². The molecule has 0 amide bonds. The molecule has 4 atom stereocenters. The van der Waals surface area contributed by atoms with Crippen molar-refractivity contribution in [1.29, 1.82) is 0 Å². The minimum absolute atomic E-state index is 0.00815. The van der Waals surface area contributed by atoms with Gasteiger partial charge in [0.05, 0.1) is 5.92 Å². The fourth-order valence-electron chi connectivity index (χ4n) is 2.63. The summed E-state index contributed by atoms with van der Waals surface area (Å²) in [6, 6.07) is 0. The third kappa shape index (κ3) is 1.41. The monoisotopic (exact) mass is 226 g/mol. The average molecular weight is 226 g/mol. The summed E-state index contributed by atoms with van der Waals surface area (Å²) in [4.78, 5) is 44.3. The van der Waals surface area contributed by atoms with Crippen molar-refractivity contribution in [3.63, 3.8) is 0 Å². The second-order valence-corrected chi connectivity index (χ2v) is 4.11. The maximum absolute atomic E-state index is 11.5.